The Balaban J connectivity index is 1.87. The third-order valence-electron chi connectivity index (χ3n) is 4.53. The van der Waals surface area contributed by atoms with Gasteiger partial charge in [0.15, 0.2) is 11.5 Å². The smallest absolute Gasteiger partial charge is 0.180 e. The molecule has 0 fully saturated rings. The van der Waals surface area contributed by atoms with Crippen molar-refractivity contribution in [3.8, 4) is 28.6 Å². The highest BCUT2D eigenvalue weighted by Crippen LogP contribution is 2.34. The molecule has 0 saturated heterocycles. The van der Waals surface area contributed by atoms with Crippen molar-refractivity contribution in [1.82, 2.24) is 24.3 Å². The number of aromatic amines is 1. The van der Waals surface area contributed by atoms with Gasteiger partial charge in [-0.25, -0.2) is 15.0 Å². The minimum atomic E-state index is 0.337. The highest BCUT2D eigenvalue weighted by atomic mass is 15.1. The molecule has 0 aliphatic heterocycles. The van der Waals surface area contributed by atoms with Gasteiger partial charge in [0.05, 0.1) is 40.4 Å². The minimum absolute atomic E-state index is 0.337. The van der Waals surface area contributed by atoms with Crippen LogP contribution in [-0.2, 0) is 0 Å². The number of aromatic nitrogens is 5. The van der Waals surface area contributed by atoms with E-state index in [-0.39, 0.29) is 0 Å². The van der Waals surface area contributed by atoms with E-state index in [1.165, 1.54) is 0 Å². The summed E-state index contributed by atoms with van der Waals surface area (Å²) < 4.78 is 1.92. The van der Waals surface area contributed by atoms with Crippen molar-refractivity contribution in [3.05, 3.63) is 66.7 Å². The molecule has 0 amide bonds. The largest absolute Gasteiger partial charge is 0.381 e. The van der Waals surface area contributed by atoms with Gasteiger partial charge in [-0.15, -0.1) is 0 Å². The minimum Gasteiger partial charge on any atom is -0.381 e. The summed E-state index contributed by atoms with van der Waals surface area (Å²) >= 11 is 0. The molecule has 7 nitrogen and oxygen atoms in total. The molecule has 3 heterocycles. The van der Waals surface area contributed by atoms with Crippen molar-refractivity contribution in [2.45, 2.75) is 0 Å². The van der Waals surface area contributed by atoms with Crippen LogP contribution in [0.5, 0.6) is 0 Å². The van der Waals surface area contributed by atoms with Crippen molar-refractivity contribution in [3.63, 3.8) is 0 Å². The second kappa shape index (κ2) is 5.68. The number of fused-ring (bicyclic) bond motifs is 2. The highest BCUT2D eigenvalue weighted by Gasteiger charge is 2.17. The van der Waals surface area contributed by atoms with E-state index in [2.05, 4.69) is 26.0 Å². The van der Waals surface area contributed by atoms with Gasteiger partial charge in [-0.2, -0.15) is 5.26 Å². The maximum Gasteiger partial charge on any atom is 0.180 e. The van der Waals surface area contributed by atoms with Crippen molar-refractivity contribution in [2.75, 3.05) is 5.73 Å². The van der Waals surface area contributed by atoms with Crippen LogP contribution >= 0.6 is 0 Å². The number of hydrogen-bond acceptors (Lipinski definition) is 5. The van der Waals surface area contributed by atoms with Gasteiger partial charge in [0.25, 0.3) is 0 Å². The number of nitriles is 1. The molecule has 27 heavy (non-hydrogen) atoms. The van der Waals surface area contributed by atoms with Crippen LogP contribution in [0, 0.1) is 11.3 Å². The zero-order valence-electron chi connectivity index (χ0n) is 14.1. The Morgan fingerprint density at radius 2 is 2.00 bits per heavy atom. The molecule has 0 radical (unpaired) electrons. The van der Waals surface area contributed by atoms with Crippen LogP contribution in [0.4, 0.5) is 5.82 Å². The first-order valence-corrected chi connectivity index (χ1v) is 8.31. The zero-order valence-corrected chi connectivity index (χ0v) is 14.1. The number of nitrogens with two attached hydrogens (primary N) is 1. The summed E-state index contributed by atoms with van der Waals surface area (Å²) in [6.07, 6.45) is 5.22. The van der Waals surface area contributed by atoms with Crippen LogP contribution in [0.2, 0.25) is 0 Å². The highest BCUT2D eigenvalue weighted by molar-refractivity contribution is 5.88. The molecule has 0 saturated carbocycles. The lowest BCUT2D eigenvalue weighted by Crippen LogP contribution is -2.03. The molecule has 5 rings (SSSR count). The van der Waals surface area contributed by atoms with Crippen LogP contribution in [0.3, 0.4) is 0 Å². The van der Waals surface area contributed by atoms with E-state index < -0.39 is 0 Å². The number of nitrogens with zero attached hydrogens (tertiary/aromatic N) is 5. The van der Waals surface area contributed by atoms with Crippen molar-refractivity contribution < 1.29 is 0 Å². The Morgan fingerprint density at radius 3 is 2.89 bits per heavy atom. The Labute approximate surface area is 153 Å². The van der Waals surface area contributed by atoms with Crippen LogP contribution < -0.4 is 5.73 Å². The first-order valence-electron chi connectivity index (χ1n) is 8.31. The summed E-state index contributed by atoms with van der Waals surface area (Å²) in [4.78, 5) is 16.4. The maximum absolute atomic E-state index is 9.26. The van der Waals surface area contributed by atoms with E-state index in [1.54, 1.807) is 18.6 Å². The third-order valence-corrected chi connectivity index (χ3v) is 4.53. The lowest BCUT2D eigenvalue weighted by atomic mass is 10.0. The summed E-state index contributed by atoms with van der Waals surface area (Å²) in [6, 6.07) is 15.5. The summed E-state index contributed by atoms with van der Waals surface area (Å²) in [5, 5.41) is 9.26. The fourth-order valence-electron chi connectivity index (χ4n) is 3.31. The molecule has 3 aromatic heterocycles. The molecular formula is C20H13N7. The van der Waals surface area contributed by atoms with Gasteiger partial charge in [-0.3, -0.25) is 4.40 Å². The number of nitrogens with one attached hydrogen (secondary N) is 1. The second-order valence-electron chi connectivity index (χ2n) is 6.14. The lowest BCUT2D eigenvalue weighted by Gasteiger charge is -2.14. The molecule has 0 atom stereocenters. The predicted molar refractivity (Wildman–Crippen MR) is 103 cm³/mol. The van der Waals surface area contributed by atoms with E-state index >= 15 is 0 Å². The van der Waals surface area contributed by atoms with Crippen molar-refractivity contribution >= 4 is 22.5 Å². The topological polar surface area (TPSA) is 109 Å². The van der Waals surface area contributed by atoms with Crippen LogP contribution in [0.15, 0.2) is 61.2 Å². The predicted octanol–water partition coefficient (Wildman–Crippen LogP) is 3.39. The van der Waals surface area contributed by atoms with Gasteiger partial charge in [-0.05, 0) is 24.3 Å². The summed E-state index contributed by atoms with van der Waals surface area (Å²) in [6.45, 7) is 0. The van der Waals surface area contributed by atoms with Crippen molar-refractivity contribution in [2.24, 2.45) is 0 Å². The summed E-state index contributed by atoms with van der Waals surface area (Å²) in [7, 11) is 0. The van der Waals surface area contributed by atoms with E-state index in [0.29, 0.717) is 22.7 Å². The third kappa shape index (κ3) is 2.32. The molecule has 5 aromatic rings. The number of imidazole rings is 2. The fraction of sp³-hybridized carbons (Fsp3) is 0. The first-order chi connectivity index (χ1) is 13.2. The molecule has 0 aliphatic rings. The second-order valence-corrected chi connectivity index (χ2v) is 6.14. The fourth-order valence-corrected chi connectivity index (χ4v) is 3.31. The van der Waals surface area contributed by atoms with E-state index in [1.807, 2.05) is 47.0 Å². The Bertz CT molecular complexity index is 1350. The average molecular weight is 351 g/mol. The first kappa shape index (κ1) is 15.1. The molecular weight excluding hydrogens is 338 g/mol. The average Bonchev–Trinajstić information content (AvgIpc) is 3.37. The molecule has 0 bridgehead atoms. The molecule has 2 aromatic carbocycles. The quantitative estimate of drug-likeness (QED) is 0.507. The number of rotatable bonds is 2. The van der Waals surface area contributed by atoms with Gasteiger partial charge in [0, 0.05) is 23.5 Å². The number of nitrogen functional groups attached to an aromatic ring is 1. The Morgan fingerprint density at radius 1 is 1.07 bits per heavy atom. The summed E-state index contributed by atoms with van der Waals surface area (Å²) in [5.74, 6) is 0.337. The molecule has 7 heteroatoms. The van der Waals surface area contributed by atoms with Crippen molar-refractivity contribution in [1.29, 1.82) is 5.26 Å². The van der Waals surface area contributed by atoms with Gasteiger partial charge in [-0.1, -0.05) is 18.2 Å². The van der Waals surface area contributed by atoms with Gasteiger partial charge >= 0.3 is 0 Å². The van der Waals surface area contributed by atoms with Crippen LogP contribution in [0.1, 0.15) is 5.56 Å². The van der Waals surface area contributed by atoms with Crippen LogP contribution in [-0.4, -0.2) is 24.3 Å². The Kier molecular flexibility index (Phi) is 3.18. The monoisotopic (exact) mass is 351 g/mol. The van der Waals surface area contributed by atoms with E-state index in [0.717, 1.165) is 27.9 Å². The SMILES string of the molecule is N#Cc1cccc(-c2nc(N)c3nccn3c2-c2ccc3nc[nH]c3c2)c1. The molecule has 128 valence electrons. The number of hydrogen-bond donors (Lipinski definition) is 2. The van der Waals surface area contributed by atoms with Gasteiger partial charge < -0.3 is 10.7 Å². The Hall–Kier alpha value is -4.18. The number of benzene rings is 2. The summed E-state index contributed by atoms with van der Waals surface area (Å²) in [5.41, 5.74) is 12.4. The van der Waals surface area contributed by atoms with E-state index in [9.17, 15) is 5.26 Å². The lowest BCUT2D eigenvalue weighted by molar-refractivity contribution is 1.14. The van der Waals surface area contributed by atoms with Crippen LogP contribution in [0.25, 0.3) is 39.2 Å². The molecule has 0 spiro atoms. The number of H-pyrrole nitrogens is 1. The van der Waals surface area contributed by atoms with Gasteiger partial charge in [0.2, 0.25) is 0 Å². The molecule has 0 unspecified atom stereocenters. The van der Waals surface area contributed by atoms with Gasteiger partial charge in [0.1, 0.15) is 0 Å². The maximum atomic E-state index is 9.26. The number of anilines is 1. The standard InChI is InChI=1S/C20H13N7/c21-10-12-2-1-3-13(8-12)17-18(27-7-6-23-20(27)19(22)26-17)14-4-5-15-16(9-14)25-11-24-15/h1-9,11H,(H2,22,26)(H,24,25). The van der Waals surface area contributed by atoms with E-state index in [4.69, 9.17) is 5.73 Å². The molecule has 3 N–H and O–H groups in total. The normalized spacial score (nSPS) is 11.1. The zero-order chi connectivity index (χ0) is 18.4. The molecule has 0 aliphatic carbocycles.